The first-order valence-corrected chi connectivity index (χ1v) is 5.44. The number of nitro benzene ring substituents is 2. The number of nitrogens with zero attached hydrogens (tertiary/aromatic N) is 2. The maximum absolute atomic E-state index is 11.3. The van der Waals surface area contributed by atoms with Crippen LogP contribution < -0.4 is 0 Å². The van der Waals surface area contributed by atoms with Gasteiger partial charge in [-0.2, -0.15) is 8.42 Å². The third-order valence-electron chi connectivity index (χ3n) is 1.84. The number of hydrogen-bond donors (Lipinski definition) is 0. The molecule has 1 aromatic rings. The van der Waals surface area contributed by atoms with Crippen molar-refractivity contribution >= 4 is 21.5 Å². The first-order chi connectivity index (χ1) is 7.79. The predicted molar refractivity (Wildman–Crippen MR) is 53.9 cm³/mol. The number of benzene rings is 1. The van der Waals surface area contributed by atoms with Crippen LogP contribution in [0.3, 0.4) is 0 Å². The summed E-state index contributed by atoms with van der Waals surface area (Å²) in [5.74, 6) is 0. The highest BCUT2D eigenvalue weighted by atomic mass is 32.2. The molecule has 0 aromatic heterocycles. The zero-order valence-corrected chi connectivity index (χ0v) is 9.21. The molecule has 0 bridgehead atoms. The smallest absolute Gasteiger partial charge is 0.270 e. The van der Waals surface area contributed by atoms with Crippen molar-refractivity contribution in [1.29, 1.82) is 0 Å². The number of non-ortho nitro benzene ring substituents is 1. The summed E-state index contributed by atoms with van der Waals surface area (Å²) in [7, 11) is -3.45. The van der Waals surface area contributed by atoms with Crippen LogP contribution in [0.25, 0.3) is 0 Å². The first kappa shape index (κ1) is 13.0. The van der Waals surface area contributed by atoms with Gasteiger partial charge in [0.25, 0.3) is 11.4 Å². The van der Waals surface area contributed by atoms with Gasteiger partial charge in [-0.05, 0) is 6.07 Å². The molecule has 0 atom stereocenters. The van der Waals surface area contributed by atoms with E-state index >= 15 is 0 Å². The Bertz CT molecular complexity index is 580. The van der Waals surface area contributed by atoms with Crippen LogP contribution in [0, 0.1) is 20.2 Å². The summed E-state index contributed by atoms with van der Waals surface area (Å²) in [5, 5.41) is 21.0. The molecule has 0 unspecified atom stereocenters. The van der Waals surface area contributed by atoms with Gasteiger partial charge in [-0.15, -0.1) is 0 Å². The van der Waals surface area contributed by atoms with Crippen molar-refractivity contribution in [1.82, 2.24) is 0 Å². The maximum atomic E-state index is 11.3. The van der Waals surface area contributed by atoms with Crippen LogP contribution in [0.4, 0.5) is 11.4 Å². The molecule has 0 aliphatic rings. The Morgan fingerprint density at radius 1 is 1.18 bits per heavy atom. The van der Waals surface area contributed by atoms with Crippen LogP contribution in [0.2, 0.25) is 0 Å². The van der Waals surface area contributed by atoms with E-state index < -0.39 is 36.2 Å². The molecular weight excluding hydrogens is 256 g/mol. The molecule has 9 nitrogen and oxygen atoms in total. The summed E-state index contributed by atoms with van der Waals surface area (Å²) in [6.45, 7) is 0. The molecule has 0 fully saturated rings. The molecule has 1 rings (SSSR count). The van der Waals surface area contributed by atoms with Gasteiger partial charge < -0.3 is 0 Å². The van der Waals surface area contributed by atoms with Crippen LogP contribution >= 0.6 is 0 Å². The Morgan fingerprint density at radius 2 is 1.76 bits per heavy atom. The van der Waals surface area contributed by atoms with Crippen LogP contribution in [-0.4, -0.2) is 25.4 Å². The highest BCUT2D eigenvalue weighted by molar-refractivity contribution is 7.86. The van der Waals surface area contributed by atoms with Crippen molar-refractivity contribution in [3.8, 4) is 0 Å². The third-order valence-corrected chi connectivity index (χ3v) is 3.16. The fraction of sp³-hybridized carbons (Fsp3) is 0.143. The minimum atomic E-state index is -4.28. The van der Waals surface area contributed by atoms with E-state index in [0.29, 0.717) is 6.07 Å². The minimum Gasteiger partial charge on any atom is -0.270 e. The quantitative estimate of drug-likeness (QED) is 0.446. The van der Waals surface area contributed by atoms with E-state index in [4.69, 9.17) is 0 Å². The van der Waals surface area contributed by atoms with E-state index in [0.717, 1.165) is 19.2 Å². The summed E-state index contributed by atoms with van der Waals surface area (Å²) in [6, 6.07) is 2.17. The van der Waals surface area contributed by atoms with Gasteiger partial charge in [-0.25, -0.2) is 0 Å². The summed E-state index contributed by atoms with van der Waals surface area (Å²) in [6.07, 6.45) is 0. The van der Waals surface area contributed by atoms with Gasteiger partial charge in [-0.3, -0.25) is 24.4 Å². The number of nitro groups is 2. The highest BCUT2D eigenvalue weighted by Gasteiger charge is 2.28. The molecule has 17 heavy (non-hydrogen) atoms. The summed E-state index contributed by atoms with van der Waals surface area (Å²) >= 11 is 0. The Labute approximate surface area is 95.1 Å². The van der Waals surface area contributed by atoms with Gasteiger partial charge in [0.2, 0.25) is 0 Å². The lowest BCUT2D eigenvalue weighted by atomic mass is 10.3. The van der Waals surface area contributed by atoms with Crippen LogP contribution in [0.1, 0.15) is 0 Å². The Hall–Kier alpha value is -2.07. The fourth-order valence-electron chi connectivity index (χ4n) is 1.06. The van der Waals surface area contributed by atoms with Gasteiger partial charge in [0.15, 0.2) is 4.90 Å². The SMILES string of the molecule is COS(=O)(=O)c1ccc([N+](=O)[O-])cc1[N+](=O)[O-]. The molecule has 0 aliphatic heterocycles. The Morgan fingerprint density at radius 3 is 2.18 bits per heavy atom. The van der Waals surface area contributed by atoms with E-state index in [1.807, 2.05) is 0 Å². The van der Waals surface area contributed by atoms with Crippen molar-refractivity contribution in [3.63, 3.8) is 0 Å². The van der Waals surface area contributed by atoms with Crippen LogP contribution in [0.5, 0.6) is 0 Å². The predicted octanol–water partition coefficient (Wildman–Crippen LogP) is 0.838. The standard InChI is InChI=1S/C7H6N2O7S/c1-16-17(14,15)7-3-2-5(8(10)11)4-6(7)9(12)13/h2-4H,1H3. The minimum absolute atomic E-state index is 0.561. The highest BCUT2D eigenvalue weighted by Crippen LogP contribution is 2.28. The molecular formula is C7H6N2O7S. The molecule has 0 aliphatic carbocycles. The molecule has 92 valence electrons. The zero-order chi connectivity index (χ0) is 13.2. The van der Waals surface area contributed by atoms with Crippen LogP contribution in [0.15, 0.2) is 23.1 Å². The number of hydrogen-bond acceptors (Lipinski definition) is 7. The van der Waals surface area contributed by atoms with Gasteiger partial charge in [0.05, 0.1) is 23.0 Å². The molecule has 0 amide bonds. The Balaban J connectivity index is 3.54. The average Bonchev–Trinajstić information content (AvgIpc) is 2.28. The maximum Gasteiger partial charge on any atom is 0.303 e. The fourth-order valence-corrected chi connectivity index (χ4v) is 1.87. The first-order valence-electron chi connectivity index (χ1n) is 4.03. The van der Waals surface area contributed by atoms with Crippen molar-refractivity contribution in [2.75, 3.05) is 7.11 Å². The van der Waals surface area contributed by atoms with E-state index in [2.05, 4.69) is 4.18 Å². The summed E-state index contributed by atoms with van der Waals surface area (Å²) < 4.78 is 26.7. The normalized spacial score (nSPS) is 11.1. The van der Waals surface area contributed by atoms with Crippen molar-refractivity contribution in [3.05, 3.63) is 38.4 Å². The lowest BCUT2D eigenvalue weighted by molar-refractivity contribution is -0.396. The van der Waals surface area contributed by atoms with Gasteiger partial charge in [0.1, 0.15) is 0 Å². The summed E-state index contributed by atoms with van der Waals surface area (Å²) in [5.41, 5.74) is -1.48. The largest absolute Gasteiger partial charge is 0.303 e. The van der Waals surface area contributed by atoms with E-state index in [1.54, 1.807) is 0 Å². The molecule has 1 aromatic carbocycles. The molecule has 0 saturated carbocycles. The lowest BCUT2D eigenvalue weighted by Gasteiger charge is -2.02. The lowest BCUT2D eigenvalue weighted by Crippen LogP contribution is -2.07. The second-order valence-corrected chi connectivity index (χ2v) is 4.47. The average molecular weight is 262 g/mol. The van der Waals surface area contributed by atoms with Gasteiger partial charge in [0, 0.05) is 6.07 Å². The second-order valence-electron chi connectivity index (χ2n) is 2.79. The van der Waals surface area contributed by atoms with E-state index in [9.17, 15) is 28.6 Å². The molecule has 10 heteroatoms. The molecule has 0 N–H and O–H groups in total. The second kappa shape index (κ2) is 4.43. The topological polar surface area (TPSA) is 130 Å². The van der Waals surface area contributed by atoms with Crippen molar-refractivity contribution in [2.24, 2.45) is 0 Å². The number of rotatable bonds is 4. The van der Waals surface area contributed by atoms with Crippen LogP contribution in [-0.2, 0) is 14.3 Å². The zero-order valence-electron chi connectivity index (χ0n) is 8.39. The third kappa shape index (κ3) is 2.54. The van der Waals surface area contributed by atoms with Crippen molar-refractivity contribution < 1.29 is 22.4 Å². The van der Waals surface area contributed by atoms with Gasteiger partial charge >= 0.3 is 10.1 Å². The van der Waals surface area contributed by atoms with Gasteiger partial charge in [-0.1, -0.05) is 0 Å². The molecule has 0 spiro atoms. The van der Waals surface area contributed by atoms with E-state index in [1.165, 1.54) is 0 Å². The van der Waals surface area contributed by atoms with Crippen molar-refractivity contribution in [2.45, 2.75) is 4.90 Å². The Kier molecular flexibility index (Phi) is 3.39. The molecule has 0 heterocycles. The van der Waals surface area contributed by atoms with E-state index in [-0.39, 0.29) is 0 Å². The molecule has 0 radical (unpaired) electrons. The molecule has 0 saturated heterocycles. The summed E-state index contributed by atoms with van der Waals surface area (Å²) in [4.78, 5) is 18.4. The monoisotopic (exact) mass is 262 g/mol.